The molecule has 1 atom stereocenters. The maximum atomic E-state index is 15.4. The second-order valence-electron chi connectivity index (χ2n) is 8.70. The third-order valence-electron chi connectivity index (χ3n) is 6.27. The quantitative estimate of drug-likeness (QED) is 0.286. The van der Waals surface area contributed by atoms with E-state index in [2.05, 4.69) is 0 Å². The number of imide groups is 1. The molecule has 6 nitrogen and oxygen atoms in total. The smallest absolute Gasteiger partial charge is 0.261 e. The number of nitrogens with zero attached hydrogens (tertiary/aromatic N) is 2. The highest BCUT2D eigenvalue weighted by molar-refractivity contribution is 14.1. The van der Waals surface area contributed by atoms with E-state index >= 15 is 4.39 Å². The first-order valence-electron chi connectivity index (χ1n) is 11.5. The predicted molar refractivity (Wildman–Crippen MR) is 138 cm³/mol. The molecule has 0 N–H and O–H groups in total. The molecule has 1 fully saturated rings. The normalized spacial score (nSPS) is 20.4. The van der Waals surface area contributed by atoms with Gasteiger partial charge in [0.2, 0.25) is 0 Å². The van der Waals surface area contributed by atoms with Crippen molar-refractivity contribution >= 4 is 40.1 Å². The minimum absolute atomic E-state index is 0.0236. The van der Waals surface area contributed by atoms with E-state index in [1.807, 2.05) is 59.0 Å². The Kier molecular flexibility index (Phi) is 7.31. The third-order valence-corrected chi connectivity index (χ3v) is 7.14. The average Bonchev–Trinajstić information content (AvgIpc) is 3.16. The maximum absolute atomic E-state index is 15.4. The van der Waals surface area contributed by atoms with E-state index in [1.54, 1.807) is 35.2 Å². The van der Waals surface area contributed by atoms with Gasteiger partial charge in [-0.15, -0.1) is 0 Å². The number of hydrogen-bond acceptors (Lipinski definition) is 5. The summed E-state index contributed by atoms with van der Waals surface area (Å²) in [5, 5.41) is 0. The molecule has 0 aliphatic carbocycles. The zero-order chi connectivity index (χ0) is 25.2. The van der Waals surface area contributed by atoms with Crippen LogP contribution in [0, 0.1) is 9.39 Å². The van der Waals surface area contributed by atoms with Gasteiger partial charge in [0.1, 0.15) is 5.82 Å². The van der Waals surface area contributed by atoms with E-state index in [9.17, 15) is 14.0 Å². The van der Waals surface area contributed by atoms with Crippen molar-refractivity contribution in [1.82, 2.24) is 4.90 Å². The number of carbonyl (C=O) groups is 2. The Morgan fingerprint density at radius 1 is 0.944 bits per heavy atom. The van der Waals surface area contributed by atoms with Crippen molar-refractivity contribution in [3.05, 3.63) is 98.9 Å². The fourth-order valence-electron chi connectivity index (χ4n) is 4.46. The zero-order valence-electron chi connectivity index (χ0n) is 19.1. The highest BCUT2D eigenvalue weighted by Crippen LogP contribution is 2.28. The number of para-hydroxylation sites is 1. The maximum Gasteiger partial charge on any atom is 0.261 e. The van der Waals surface area contributed by atoms with Gasteiger partial charge in [0.05, 0.1) is 36.9 Å². The summed E-state index contributed by atoms with van der Waals surface area (Å²) in [6.45, 7) is 0.192. The minimum Gasteiger partial charge on any atom is -0.364 e. The van der Waals surface area contributed by atoms with Crippen molar-refractivity contribution in [3.8, 4) is 0 Å². The largest absolute Gasteiger partial charge is 0.364 e. The Morgan fingerprint density at radius 2 is 1.56 bits per heavy atom. The molecule has 2 aliphatic heterocycles. The van der Waals surface area contributed by atoms with Gasteiger partial charge in [-0.2, -0.15) is 0 Å². The summed E-state index contributed by atoms with van der Waals surface area (Å²) in [5.41, 5.74) is 2.18. The number of rotatable bonds is 7. The molecule has 3 aromatic rings. The van der Waals surface area contributed by atoms with Gasteiger partial charge in [-0.3, -0.25) is 14.5 Å². The van der Waals surface area contributed by atoms with E-state index in [-0.39, 0.29) is 25.6 Å². The number of fused-ring (bicyclic) bond motifs is 1. The Balaban J connectivity index is 1.24. The molecular formula is C27H23F2IN2O4. The lowest BCUT2D eigenvalue weighted by Crippen LogP contribution is -2.52. The van der Waals surface area contributed by atoms with Crippen LogP contribution in [0.1, 0.15) is 26.3 Å². The van der Waals surface area contributed by atoms with Crippen LogP contribution in [-0.2, 0) is 16.0 Å². The van der Waals surface area contributed by atoms with Crippen LogP contribution < -0.4 is 4.90 Å². The van der Waals surface area contributed by atoms with Crippen LogP contribution in [0.4, 0.5) is 14.5 Å². The zero-order valence-corrected chi connectivity index (χ0v) is 21.3. The summed E-state index contributed by atoms with van der Waals surface area (Å²) in [4.78, 5) is 28.4. The van der Waals surface area contributed by atoms with Crippen molar-refractivity contribution in [2.24, 2.45) is 0 Å². The Hall–Kier alpha value is -2.89. The molecule has 0 radical (unpaired) electrons. The van der Waals surface area contributed by atoms with Crippen molar-refractivity contribution in [2.75, 3.05) is 24.7 Å². The molecule has 0 spiro atoms. The lowest BCUT2D eigenvalue weighted by molar-refractivity contribution is -0.221. The van der Waals surface area contributed by atoms with E-state index in [0.29, 0.717) is 26.8 Å². The molecule has 36 heavy (non-hydrogen) atoms. The summed E-state index contributed by atoms with van der Waals surface area (Å²) in [5.74, 6) is -1.12. The molecular weight excluding hydrogens is 581 g/mol. The van der Waals surface area contributed by atoms with Gasteiger partial charge in [-0.25, -0.2) is 8.78 Å². The minimum atomic E-state index is -1.53. The van der Waals surface area contributed by atoms with Crippen molar-refractivity contribution in [3.63, 3.8) is 0 Å². The molecule has 0 saturated carbocycles. The van der Waals surface area contributed by atoms with E-state index in [4.69, 9.17) is 9.47 Å². The fraction of sp³-hybridized carbons (Fsp3) is 0.259. The molecule has 1 saturated heterocycles. The standard InChI is InChI=1S/C27H23F2IN2O4/c28-22-12-17(10-11-24(22)30)13-31(18-6-2-1-3-7-18)14-23(29)27-35-15-19(16-36-27)32-25(33)20-8-4-5-9-21(20)26(32)34/h1-12,19,23,27H,13-16H2. The molecule has 5 rings (SSSR count). The van der Waals surface area contributed by atoms with Crippen LogP contribution >= 0.6 is 22.6 Å². The lowest BCUT2D eigenvalue weighted by Gasteiger charge is -2.36. The first-order chi connectivity index (χ1) is 17.4. The summed E-state index contributed by atoms with van der Waals surface area (Å²) < 4.78 is 41.3. The van der Waals surface area contributed by atoms with Gasteiger partial charge in [-0.1, -0.05) is 36.4 Å². The Morgan fingerprint density at radius 3 is 2.17 bits per heavy atom. The summed E-state index contributed by atoms with van der Waals surface area (Å²) in [6, 6.07) is 20.2. The number of anilines is 1. The van der Waals surface area contributed by atoms with Gasteiger partial charge >= 0.3 is 0 Å². The molecule has 0 aromatic heterocycles. The summed E-state index contributed by atoms with van der Waals surface area (Å²) >= 11 is 1.93. The molecule has 1 unspecified atom stereocenters. The fourth-order valence-corrected chi connectivity index (χ4v) is 4.80. The van der Waals surface area contributed by atoms with Crippen LogP contribution in [0.25, 0.3) is 0 Å². The molecule has 3 aromatic carbocycles. The van der Waals surface area contributed by atoms with Crippen LogP contribution in [0.2, 0.25) is 0 Å². The Bertz CT molecular complexity index is 1230. The topological polar surface area (TPSA) is 59.1 Å². The number of benzene rings is 3. The average molecular weight is 604 g/mol. The van der Waals surface area contributed by atoms with Crippen LogP contribution in [0.15, 0.2) is 72.8 Å². The first kappa shape index (κ1) is 24.8. The number of carbonyl (C=O) groups excluding carboxylic acids is 2. The number of alkyl halides is 1. The van der Waals surface area contributed by atoms with Gasteiger partial charge < -0.3 is 14.4 Å². The molecule has 186 valence electrons. The van der Waals surface area contributed by atoms with Crippen molar-refractivity contribution in [1.29, 1.82) is 0 Å². The van der Waals surface area contributed by atoms with Gasteiger partial charge in [-0.05, 0) is 64.6 Å². The number of amides is 2. The molecule has 0 bridgehead atoms. The number of hydrogen-bond donors (Lipinski definition) is 0. The predicted octanol–water partition coefficient (Wildman–Crippen LogP) is 4.81. The van der Waals surface area contributed by atoms with Gasteiger partial charge in [0.25, 0.3) is 11.8 Å². The first-order valence-corrected chi connectivity index (χ1v) is 12.6. The Labute approximate surface area is 220 Å². The monoisotopic (exact) mass is 604 g/mol. The highest BCUT2D eigenvalue weighted by atomic mass is 127. The van der Waals surface area contributed by atoms with E-state index in [1.165, 1.54) is 6.07 Å². The van der Waals surface area contributed by atoms with Crippen molar-refractivity contribution < 1.29 is 27.8 Å². The number of ether oxygens (including phenoxy) is 2. The van der Waals surface area contributed by atoms with Crippen LogP contribution in [0.5, 0.6) is 0 Å². The second kappa shape index (κ2) is 10.6. The van der Waals surface area contributed by atoms with Gasteiger partial charge in [0, 0.05) is 15.8 Å². The SMILES string of the molecule is O=C1c2ccccc2C(=O)N1C1COC(C(F)CN(Cc2ccc(I)c(F)c2)c2ccccc2)OC1. The number of halogens is 3. The highest BCUT2D eigenvalue weighted by Gasteiger charge is 2.42. The molecule has 2 amide bonds. The molecule has 2 heterocycles. The summed E-state index contributed by atoms with van der Waals surface area (Å²) in [7, 11) is 0. The third kappa shape index (κ3) is 5.00. The lowest BCUT2D eigenvalue weighted by atomic mass is 10.1. The molecule has 2 aliphatic rings. The summed E-state index contributed by atoms with van der Waals surface area (Å²) in [6.07, 6.45) is -2.68. The van der Waals surface area contributed by atoms with Gasteiger partial charge in [0.15, 0.2) is 12.5 Å². The van der Waals surface area contributed by atoms with Crippen LogP contribution in [-0.4, -0.2) is 55.0 Å². The second-order valence-corrected chi connectivity index (χ2v) is 9.86. The van der Waals surface area contributed by atoms with Crippen molar-refractivity contribution in [2.45, 2.75) is 25.0 Å². The molecule has 9 heteroatoms. The van der Waals surface area contributed by atoms with E-state index in [0.717, 1.165) is 10.6 Å². The van der Waals surface area contributed by atoms with Crippen LogP contribution in [0.3, 0.4) is 0 Å². The van der Waals surface area contributed by atoms with E-state index < -0.39 is 30.3 Å².